The predicted octanol–water partition coefficient (Wildman–Crippen LogP) is 4.25. The van der Waals surface area contributed by atoms with Gasteiger partial charge in [0.25, 0.3) is 5.91 Å². The summed E-state index contributed by atoms with van der Waals surface area (Å²) in [6.07, 6.45) is 4.25. The van der Waals surface area contributed by atoms with Crippen LogP contribution in [0.25, 0.3) is 0 Å². The zero-order valence-corrected chi connectivity index (χ0v) is 14.0. The van der Waals surface area contributed by atoms with Crippen molar-refractivity contribution in [3.05, 3.63) is 78.1 Å². The monoisotopic (exact) mass is 336 g/mol. The van der Waals surface area contributed by atoms with E-state index in [-0.39, 0.29) is 5.91 Å². The minimum Gasteiger partial charge on any atom is -0.457 e. The molecule has 25 heavy (non-hydrogen) atoms. The molecule has 128 valence electrons. The molecule has 0 aliphatic heterocycles. The normalized spacial score (nSPS) is 10.4. The van der Waals surface area contributed by atoms with Crippen LogP contribution in [-0.4, -0.2) is 24.6 Å². The third-order valence-corrected chi connectivity index (χ3v) is 3.73. The second kappa shape index (κ2) is 8.17. The maximum absolute atomic E-state index is 12.0. The molecule has 3 rings (SSSR count). The van der Waals surface area contributed by atoms with Gasteiger partial charge in [-0.2, -0.15) is 0 Å². The van der Waals surface area contributed by atoms with Crippen LogP contribution in [0.1, 0.15) is 15.9 Å². The Labute approximate surface area is 146 Å². The maximum Gasteiger partial charge on any atom is 0.257 e. The molecule has 0 bridgehead atoms. The standard InChI is InChI=1S/C20H20N2O3/c1-24-13-11-15-2-6-18(7-3-15)25-19-8-4-17(5-9-19)22-20(23)16-10-12-21-14-16/h2-10,12,14,21H,11,13H2,1H3,(H,22,23). The van der Waals surface area contributed by atoms with Crippen LogP contribution in [0.15, 0.2) is 67.0 Å². The van der Waals surface area contributed by atoms with Crippen LogP contribution in [0.2, 0.25) is 0 Å². The Kier molecular flexibility index (Phi) is 5.49. The van der Waals surface area contributed by atoms with Crippen molar-refractivity contribution in [2.24, 2.45) is 0 Å². The van der Waals surface area contributed by atoms with E-state index in [9.17, 15) is 4.79 Å². The van der Waals surface area contributed by atoms with Crippen molar-refractivity contribution in [2.45, 2.75) is 6.42 Å². The van der Waals surface area contributed by atoms with Gasteiger partial charge in [-0.05, 0) is 54.4 Å². The SMILES string of the molecule is COCCc1ccc(Oc2ccc(NC(=O)c3cc[nH]c3)cc2)cc1. The van der Waals surface area contributed by atoms with Crippen LogP contribution in [0.3, 0.4) is 0 Å². The molecule has 0 radical (unpaired) electrons. The number of amides is 1. The Bertz CT molecular complexity index is 794. The van der Waals surface area contributed by atoms with E-state index in [1.54, 1.807) is 25.6 Å². The summed E-state index contributed by atoms with van der Waals surface area (Å²) in [6, 6.07) is 16.9. The predicted molar refractivity (Wildman–Crippen MR) is 97.3 cm³/mol. The van der Waals surface area contributed by atoms with Gasteiger partial charge in [-0.15, -0.1) is 0 Å². The number of nitrogens with one attached hydrogen (secondary N) is 2. The number of hydrogen-bond donors (Lipinski definition) is 2. The average molecular weight is 336 g/mol. The van der Waals surface area contributed by atoms with E-state index in [0.29, 0.717) is 23.6 Å². The number of aromatic amines is 1. The highest BCUT2D eigenvalue weighted by Gasteiger charge is 2.06. The number of hydrogen-bond acceptors (Lipinski definition) is 3. The minimum absolute atomic E-state index is 0.151. The Morgan fingerprint density at radius 3 is 2.28 bits per heavy atom. The average Bonchev–Trinajstić information content (AvgIpc) is 3.18. The van der Waals surface area contributed by atoms with Crippen molar-refractivity contribution >= 4 is 11.6 Å². The lowest BCUT2D eigenvalue weighted by atomic mass is 10.1. The van der Waals surface area contributed by atoms with Gasteiger partial charge in [-0.3, -0.25) is 4.79 Å². The number of anilines is 1. The second-order valence-electron chi connectivity index (χ2n) is 5.57. The number of rotatable bonds is 7. The number of H-pyrrole nitrogens is 1. The first-order valence-corrected chi connectivity index (χ1v) is 8.04. The van der Waals surface area contributed by atoms with E-state index in [2.05, 4.69) is 10.3 Å². The fourth-order valence-corrected chi connectivity index (χ4v) is 2.35. The third-order valence-electron chi connectivity index (χ3n) is 3.73. The van der Waals surface area contributed by atoms with Gasteiger partial charge in [-0.25, -0.2) is 0 Å². The molecule has 0 saturated heterocycles. The molecule has 3 aromatic rings. The topological polar surface area (TPSA) is 63.4 Å². The van der Waals surface area contributed by atoms with Crippen LogP contribution in [0.4, 0.5) is 5.69 Å². The molecule has 5 nitrogen and oxygen atoms in total. The number of carbonyl (C=O) groups is 1. The van der Waals surface area contributed by atoms with Crippen molar-refractivity contribution in [1.82, 2.24) is 4.98 Å². The number of aromatic nitrogens is 1. The Morgan fingerprint density at radius 2 is 1.68 bits per heavy atom. The molecule has 0 unspecified atom stereocenters. The molecule has 1 amide bonds. The summed E-state index contributed by atoms with van der Waals surface area (Å²) in [6.45, 7) is 0.705. The van der Waals surface area contributed by atoms with Gasteiger partial charge >= 0.3 is 0 Å². The lowest BCUT2D eigenvalue weighted by molar-refractivity contribution is 0.102. The highest BCUT2D eigenvalue weighted by molar-refractivity contribution is 6.04. The van der Waals surface area contributed by atoms with Gasteiger partial charge < -0.3 is 19.8 Å². The summed E-state index contributed by atoms with van der Waals surface area (Å²) in [7, 11) is 1.70. The van der Waals surface area contributed by atoms with Crippen LogP contribution in [0, 0.1) is 0 Å². The first-order valence-electron chi connectivity index (χ1n) is 8.04. The number of ether oxygens (including phenoxy) is 2. The zero-order valence-electron chi connectivity index (χ0n) is 14.0. The Balaban J connectivity index is 1.58. The Hall–Kier alpha value is -3.05. The second-order valence-corrected chi connectivity index (χ2v) is 5.57. The highest BCUT2D eigenvalue weighted by atomic mass is 16.5. The van der Waals surface area contributed by atoms with Crippen LogP contribution >= 0.6 is 0 Å². The molecule has 0 aliphatic rings. The lowest BCUT2D eigenvalue weighted by Crippen LogP contribution is -2.10. The first-order chi connectivity index (χ1) is 12.2. The largest absolute Gasteiger partial charge is 0.457 e. The maximum atomic E-state index is 12.0. The minimum atomic E-state index is -0.151. The van der Waals surface area contributed by atoms with Gasteiger partial charge in [0.15, 0.2) is 0 Å². The van der Waals surface area contributed by atoms with Crippen LogP contribution in [0.5, 0.6) is 11.5 Å². The van der Waals surface area contributed by atoms with E-state index in [1.165, 1.54) is 5.56 Å². The molecule has 2 N–H and O–H groups in total. The van der Waals surface area contributed by atoms with Crippen molar-refractivity contribution < 1.29 is 14.3 Å². The van der Waals surface area contributed by atoms with Gasteiger partial charge in [0.2, 0.25) is 0 Å². The quantitative estimate of drug-likeness (QED) is 0.678. The molecular weight excluding hydrogens is 316 g/mol. The number of methoxy groups -OCH3 is 1. The molecule has 5 heteroatoms. The van der Waals surface area contributed by atoms with Crippen molar-refractivity contribution in [3.8, 4) is 11.5 Å². The van der Waals surface area contributed by atoms with Crippen molar-refractivity contribution in [2.75, 3.05) is 19.0 Å². The summed E-state index contributed by atoms with van der Waals surface area (Å²) < 4.78 is 10.9. The Morgan fingerprint density at radius 1 is 1.00 bits per heavy atom. The molecule has 2 aromatic carbocycles. The van der Waals surface area contributed by atoms with E-state index < -0.39 is 0 Å². The number of benzene rings is 2. The summed E-state index contributed by atoms with van der Waals surface area (Å²) in [5.41, 5.74) is 2.51. The van der Waals surface area contributed by atoms with E-state index in [0.717, 1.165) is 12.2 Å². The first kappa shape index (κ1) is 16.8. The molecule has 1 heterocycles. The van der Waals surface area contributed by atoms with Crippen LogP contribution < -0.4 is 10.1 Å². The summed E-state index contributed by atoms with van der Waals surface area (Å²) in [4.78, 5) is 14.8. The summed E-state index contributed by atoms with van der Waals surface area (Å²) in [5.74, 6) is 1.33. The van der Waals surface area contributed by atoms with Crippen molar-refractivity contribution in [3.63, 3.8) is 0 Å². The zero-order chi connectivity index (χ0) is 17.5. The summed E-state index contributed by atoms with van der Waals surface area (Å²) >= 11 is 0. The fourth-order valence-electron chi connectivity index (χ4n) is 2.35. The van der Waals surface area contributed by atoms with E-state index >= 15 is 0 Å². The smallest absolute Gasteiger partial charge is 0.257 e. The molecule has 0 fully saturated rings. The fraction of sp³-hybridized carbons (Fsp3) is 0.150. The molecule has 0 atom stereocenters. The van der Waals surface area contributed by atoms with Gasteiger partial charge in [-0.1, -0.05) is 12.1 Å². The lowest BCUT2D eigenvalue weighted by Gasteiger charge is -2.08. The van der Waals surface area contributed by atoms with Gasteiger partial charge in [0.05, 0.1) is 12.2 Å². The van der Waals surface area contributed by atoms with Gasteiger partial charge in [0, 0.05) is 25.2 Å². The number of carbonyl (C=O) groups excluding carboxylic acids is 1. The molecule has 1 aromatic heterocycles. The molecule has 0 spiro atoms. The van der Waals surface area contributed by atoms with E-state index in [1.807, 2.05) is 48.5 Å². The van der Waals surface area contributed by atoms with E-state index in [4.69, 9.17) is 9.47 Å². The molecular formula is C20H20N2O3. The van der Waals surface area contributed by atoms with Crippen molar-refractivity contribution in [1.29, 1.82) is 0 Å². The van der Waals surface area contributed by atoms with Crippen LogP contribution in [-0.2, 0) is 11.2 Å². The summed E-state index contributed by atoms with van der Waals surface area (Å²) in [5, 5.41) is 2.84. The molecule has 0 aliphatic carbocycles. The van der Waals surface area contributed by atoms with Gasteiger partial charge in [0.1, 0.15) is 11.5 Å². The third kappa shape index (κ3) is 4.71. The molecule has 0 saturated carbocycles. The highest BCUT2D eigenvalue weighted by Crippen LogP contribution is 2.23.